The number of hydrogen-bond donors (Lipinski definition) is 5. The molecule has 0 radical (unpaired) electrons. The van der Waals surface area contributed by atoms with Gasteiger partial charge in [-0.05, 0) is 71.3 Å². The summed E-state index contributed by atoms with van der Waals surface area (Å²) in [5.74, 6) is 0.142. The normalized spacial score (nSPS) is 27.5. The first-order valence-corrected chi connectivity index (χ1v) is 11.2. The predicted octanol–water partition coefficient (Wildman–Crippen LogP) is 2.79. The highest BCUT2D eigenvalue weighted by molar-refractivity contribution is 9.10. The summed E-state index contributed by atoms with van der Waals surface area (Å²) in [6.45, 7) is 7.42. The van der Waals surface area contributed by atoms with Gasteiger partial charge in [-0.25, -0.2) is 0 Å². The molecular weight excluding hydrogens is 464 g/mol. The van der Waals surface area contributed by atoms with Gasteiger partial charge in [0, 0.05) is 4.47 Å². The molecular formula is C24H31BrO6. The fraction of sp³-hybridized carbons (Fsp3) is 0.500. The van der Waals surface area contributed by atoms with Crippen LogP contribution in [0, 0.1) is 13.8 Å². The molecule has 6 atom stereocenters. The molecule has 6 nitrogen and oxygen atoms in total. The van der Waals surface area contributed by atoms with Crippen LogP contribution in [0.25, 0.3) is 0 Å². The minimum Gasteiger partial charge on any atom is -0.394 e. The summed E-state index contributed by atoms with van der Waals surface area (Å²) < 4.78 is 6.71. The molecule has 0 saturated carbocycles. The van der Waals surface area contributed by atoms with Gasteiger partial charge >= 0.3 is 0 Å². The maximum absolute atomic E-state index is 11.3. The molecule has 1 saturated heterocycles. The lowest BCUT2D eigenvalue weighted by atomic mass is 9.83. The lowest BCUT2D eigenvalue weighted by Gasteiger charge is -2.41. The number of aryl methyl sites for hydroxylation is 2. The molecule has 0 spiro atoms. The Balaban J connectivity index is 2.11. The minimum absolute atomic E-state index is 0.142. The van der Waals surface area contributed by atoms with E-state index in [1.165, 1.54) is 0 Å². The zero-order valence-electron chi connectivity index (χ0n) is 18.2. The Morgan fingerprint density at radius 1 is 0.903 bits per heavy atom. The molecule has 2 aromatic rings. The third kappa shape index (κ3) is 4.73. The number of aliphatic hydroxyl groups excluding tert-OH is 5. The van der Waals surface area contributed by atoms with Gasteiger partial charge < -0.3 is 30.3 Å². The quantitative estimate of drug-likeness (QED) is 0.437. The summed E-state index contributed by atoms with van der Waals surface area (Å²) >= 11 is 3.45. The third-order valence-corrected chi connectivity index (χ3v) is 6.61. The Bertz CT molecular complexity index is 929. The van der Waals surface area contributed by atoms with E-state index in [4.69, 9.17) is 4.74 Å². The highest BCUT2D eigenvalue weighted by Crippen LogP contribution is 2.39. The fourth-order valence-corrected chi connectivity index (χ4v) is 4.76. The second-order valence-corrected chi connectivity index (χ2v) is 9.56. The number of ether oxygens (including phenoxy) is 1. The first-order chi connectivity index (χ1) is 14.6. The molecule has 0 bridgehead atoms. The van der Waals surface area contributed by atoms with Crippen molar-refractivity contribution in [3.8, 4) is 0 Å². The van der Waals surface area contributed by atoms with Gasteiger partial charge in [-0.15, -0.1) is 0 Å². The summed E-state index contributed by atoms with van der Waals surface area (Å²) in [5.41, 5.74) is 4.81. The zero-order chi connectivity index (χ0) is 23.0. The molecule has 0 amide bonds. The molecule has 170 valence electrons. The van der Waals surface area contributed by atoms with Gasteiger partial charge in [0.25, 0.3) is 0 Å². The number of halogens is 1. The van der Waals surface area contributed by atoms with Crippen LogP contribution in [0.1, 0.15) is 65.4 Å². The van der Waals surface area contributed by atoms with Gasteiger partial charge in [0.15, 0.2) is 0 Å². The maximum Gasteiger partial charge on any atom is 0.113 e. The van der Waals surface area contributed by atoms with Crippen LogP contribution in [0.4, 0.5) is 0 Å². The van der Waals surface area contributed by atoms with E-state index in [2.05, 4.69) is 15.9 Å². The predicted molar refractivity (Wildman–Crippen MR) is 121 cm³/mol. The topological polar surface area (TPSA) is 110 Å². The summed E-state index contributed by atoms with van der Waals surface area (Å²) in [5, 5.41) is 51.8. The van der Waals surface area contributed by atoms with Gasteiger partial charge in [0.1, 0.15) is 36.6 Å². The van der Waals surface area contributed by atoms with Crippen LogP contribution >= 0.6 is 15.9 Å². The van der Waals surface area contributed by atoms with E-state index in [1.54, 1.807) is 0 Å². The largest absolute Gasteiger partial charge is 0.394 e. The molecule has 5 N–H and O–H groups in total. The van der Waals surface area contributed by atoms with Crippen molar-refractivity contribution in [1.82, 2.24) is 0 Å². The first-order valence-electron chi connectivity index (χ1n) is 10.5. The van der Waals surface area contributed by atoms with E-state index in [-0.39, 0.29) is 5.92 Å². The van der Waals surface area contributed by atoms with E-state index in [1.807, 2.05) is 58.0 Å². The molecule has 2 aromatic carbocycles. The lowest BCUT2D eigenvalue weighted by molar-refractivity contribution is -0.231. The molecule has 7 heteroatoms. The highest BCUT2D eigenvalue weighted by atomic mass is 79.9. The monoisotopic (exact) mass is 494 g/mol. The van der Waals surface area contributed by atoms with Gasteiger partial charge in [-0.3, -0.25) is 0 Å². The lowest BCUT2D eigenvalue weighted by Crippen LogP contribution is -2.55. The highest BCUT2D eigenvalue weighted by Gasteiger charge is 2.44. The second kappa shape index (κ2) is 9.67. The minimum atomic E-state index is -1.46. The van der Waals surface area contributed by atoms with Gasteiger partial charge in [0.05, 0.1) is 6.61 Å². The van der Waals surface area contributed by atoms with Gasteiger partial charge in [0.2, 0.25) is 0 Å². The van der Waals surface area contributed by atoms with Crippen molar-refractivity contribution in [2.45, 2.75) is 70.2 Å². The van der Waals surface area contributed by atoms with E-state index >= 15 is 0 Å². The van der Waals surface area contributed by atoms with E-state index in [9.17, 15) is 25.5 Å². The van der Waals surface area contributed by atoms with E-state index in [0.29, 0.717) is 11.1 Å². The number of rotatable bonds is 5. The molecule has 3 rings (SSSR count). The Morgan fingerprint density at radius 2 is 1.58 bits per heavy atom. The summed E-state index contributed by atoms with van der Waals surface area (Å²) in [4.78, 5) is 0. The molecule has 0 aromatic heterocycles. The van der Waals surface area contributed by atoms with Crippen molar-refractivity contribution in [3.63, 3.8) is 0 Å². The number of aliphatic hydroxyl groups is 5. The molecule has 1 heterocycles. The van der Waals surface area contributed by atoms with E-state index in [0.717, 1.165) is 26.7 Å². The van der Waals surface area contributed by atoms with Crippen molar-refractivity contribution in [2.75, 3.05) is 6.61 Å². The first kappa shape index (κ1) is 24.3. The van der Waals surface area contributed by atoms with Crippen LogP contribution < -0.4 is 0 Å². The third-order valence-electron chi connectivity index (χ3n) is 6.11. The summed E-state index contributed by atoms with van der Waals surface area (Å²) in [7, 11) is 0. The average Bonchev–Trinajstić information content (AvgIpc) is 2.72. The van der Waals surface area contributed by atoms with Crippen molar-refractivity contribution in [3.05, 3.63) is 68.2 Å². The SMILES string of the molecule is Cc1cc(Br)ccc1C(O)c1cc([C@@H]2O[C@H](CO)[C@@H](O)[C@H](O)[C@H]2O)c(C)cc1C(C)C. The van der Waals surface area contributed by atoms with Crippen molar-refractivity contribution >= 4 is 15.9 Å². The van der Waals surface area contributed by atoms with Crippen LogP contribution in [-0.2, 0) is 4.74 Å². The maximum atomic E-state index is 11.3. The molecule has 0 aliphatic carbocycles. The van der Waals surface area contributed by atoms with Gasteiger partial charge in [-0.2, -0.15) is 0 Å². The Hall–Kier alpha value is -1.32. The summed E-state index contributed by atoms with van der Waals surface area (Å²) in [6, 6.07) is 9.48. The number of hydrogen-bond acceptors (Lipinski definition) is 6. The zero-order valence-corrected chi connectivity index (χ0v) is 19.7. The van der Waals surface area contributed by atoms with E-state index < -0.39 is 43.2 Å². The Labute approximate surface area is 191 Å². The van der Waals surface area contributed by atoms with Crippen molar-refractivity contribution < 1.29 is 30.3 Å². The molecule has 31 heavy (non-hydrogen) atoms. The van der Waals surface area contributed by atoms with Crippen LogP contribution in [0.15, 0.2) is 34.8 Å². The van der Waals surface area contributed by atoms with Crippen LogP contribution in [0.2, 0.25) is 0 Å². The summed E-state index contributed by atoms with van der Waals surface area (Å²) in [6.07, 6.45) is -7.08. The molecule has 1 aliphatic heterocycles. The van der Waals surface area contributed by atoms with Crippen LogP contribution in [0.3, 0.4) is 0 Å². The standard InChI is InChI=1S/C24H31BrO6/c1-11(2)16-8-13(4)17(24-23(30)22(29)21(28)19(10-26)31-24)9-18(16)20(27)15-6-5-14(25)7-12(15)3/h5-9,11,19-24,26-30H,10H2,1-4H3/t19-,20?,21-,22+,23-,24+/m1/s1. The number of benzene rings is 2. The Kier molecular flexibility index (Phi) is 7.58. The van der Waals surface area contributed by atoms with Crippen molar-refractivity contribution in [2.24, 2.45) is 0 Å². The molecule has 1 aliphatic rings. The van der Waals surface area contributed by atoms with Crippen molar-refractivity contribution in [1.29, 1.82) is 0 Å². The molecule has 1 fully saturated rings. The van der Waals surface area contributed by atoms with Crippen LogP contribution in [0.5, 0.6) is 0 Å². The van der Waals surface area contributed by atoms with Gasteiger partial charge in [-0.1, -0.05) is 41.9 Å². The average molecular weight is 495 g/mol. The fourth-order valence-electron chi connectivity index (χ4n) is 4.28. The second-order valence-electron chi connectivity index (χ2n) is 8.65. The smallest absolute Gasteiger partial charge is 0.113 e. The Morgan fingerprint density at radius 3 is 2.16 bits per heavy atom. The molecule has 1 unspecified atom stereocenters. The van der Waals surface area contributed by atoms with Crippen LogP contribution in [-0.4, -0.2) is 56.6 Å².